The molecule has 1 aromatic carbocycles. The molecule has 2 N–H and O–H groups in total. The van der Waals surface area contributed by atoms with E-state index in [0.717, 1.165) is 6.26 Å². The Morgan fingerprint density at radius 1 is 1.29 bits per heavy atom. The van der Waals surface area contributed by atoms with Gasteiger partial charge in [-0.05, 0) is 32.4 Å². The van der Waals surface area contributed by atoms with Gasteiger partial charge in [-0.25, -0.2) is 8.42 Å². The van der Waals surface area contributed by atoms with Crippen LogP contribution < -0.4 is 10.0 Å². The third-order valence-corrected chi connectivity index (χ3v) is 3.12. The summed E-state index contributed by atoms with van der Waals surface area (Å²) in [6, 6.07) is 6.48. The second kappa shape index (κ2) is 7.99. The average Bonchev–Trinajstić information content (AvgIpc) is 2.36. The van der Waals surface area contributed by atoms with E-state index in [2.05, 4.69) is 10.0 Å². The molecule has 1 amide bonds. The molecule has 0 aliphatic carbocycles. The summed E-state index contributed by atoms with van der Waals surface area (Å²) in [6.45, 7) is 4.94. The van der Waals surface area contributed by atoms with Gasteiger partial charge in [0, 0.05) is 13.2 Å². The number of carbonyl (C=O) groups excluding carboxylic acids is 1. The first kappa shape index (κ1) is 17.5. The molecule has 0 unspecified atom stereocenters. The van der Waals surface area contributed by atoms with Gasteiger partial charge >= 0.3 is 0 Å². The van der Waals surface area contributed by atoms with Crippen molar-refractivity contribution in [2.75, 3.05) is 24.1 Å². The van der Waals surface area contributed by atoms with Crippen molar-refractivity contribution in [2.24, 2.45) is 0 Å². The molecule has 0 aliphatic heterocycles. The number of anilines is 1. The van der Waals surface area contributed by atoms with Gasteiger partial charge in [-0.1, -0.05) is 12.1 Å². The lowest BCUT2D eigenvalue weighted by Crippen LogP contribution is -2.27. The molecule has 0 saturated carbocycles. The van der Waals surface area contributed by atoms with Gasteiger partial charge in [0.2, 0.25) is 10.0 Å². The SMILES string of the molecule is CC(C)OCCCNC(=O)c1ccccc1NS(C)(=O)=O. The summed E-state index contributed by atoms with van der Waals surface area (Å²) in [5.74, 6) is -0.314. The maximum Gasteiger partial charge on any atom is 0.253 e. The lowest BCUT2D eigenvalue weighted by atomic mass is 10.1. The standard InChI is InChI=1S/C14H22N2O4S/c1-11(2)20-10-6-9-15-14(17)12-7-4-5-8-13(12)16-21(3,18)19/h4-5,7-8,11,16H,6,9-10H2,1-3H3,(H,15,17). The zero-order valence-corrected chi connectivity index (χ0v) is 13.4. The van der Waals surface area contributed by atoms with Gasteiger partial charge in [0.1, 0.15) is 0 Å². The summed E-state index contributed by atoms with van der Waals surface area (Å²) in [5.41, 5.74) is 0.573. The summed E-state index contributed by atoms with van der Waals surface area (Å²) < 4.78 is 30.3. The van der Waals surface area contributed by atoms with E-state index in [1.54, 1.807) is 24.3 Å². The molecule has 0 saturated heterocycles. The van der Waals surface area contributed by atoms with Crippen LogP contribution in [0.4, 0.5) is 5.69 Å². The number of hydrogen-bond donors (Lipinski definition) is 2. The monoisotopic (exact) mass is 314 g/mol. The topological polar surface area (TPSA) is 84.5 Å². The molecule has 0 heterocycles. The number of amides is 1. The highest BCUT2D eigenvalue weighted by Gasteiger charge is 2.13. The van der Waals surface area contributed by atoms with Crippen LogP contribution in [0.5, 0.6) is 0 Å². The smallest absolute Gasteiger partial charge is 0.253 e. The molecular weight excluding hydrogens is 292 g/mol. The summed E-state index contributed by atoms with van der Waals surface area (Å²) in [7, 11) is -3.42. The Hall–Kier alpha value is -1.60. The average molecular weight is 314 g/mol. The maximum absolute atomic E-state index is 12.1. The molecule has 6 nitrogen and oxygen atoms in total. The minimum Gasteiger partial charge on any atom is -0.379 e. The van der Waals surface area contributed by atoms with Gasteiger partial charge in [-0.2, -0.15) is 0 Å². The zero-order valence-electron chi connectivity index (χ0n) is 12.5. The fraction of sp³-hybridized carbons (Fsp3) is 0.500. The quantitative estimate of drug-likeness (QED) is 0.714. The predicted octanol–water partition coefficient (Wildman–Crippen LogP) is 1.60. The molecular formula is C14H22N2O4S. The molecule has 21 heavy (non-hydrogen) atoms. The number of sulfonamides is 1. The third kappa shape index (κ3) is 7.10. The van der Waals surface area contributed by atoms with Gasteiger partial charge in [0.25, 0.3) is 5.91 Å². The van der Waals surface area contributed by atoms with Gasteiger partial charge in [0.05, 0.1) is 23.6 Å². The lowest BCUT2D eigenvalue weighted by Gasteiger charge is -2.11. The van der Waals surface area contributed by atoms with E-state index < -0.39 is 10.0 Å². The Kier molecular flexibility index (Phi) is 6.64. The van der Waals surface area contributed by atoms with Crippen molar-refractivity contribution in [3.05, 3.63) is 29.8 Å². The molecule has 0 fully saturated rings. The van der Waals surface area contributed by atoms with Crippen LogP contribution in [0.2, 0.25) is 0 Å². The van der Waals surface area contributed by atoms with Crippen LogP contribution in [0.15, 0.2) is 24.3 Å². The van der Waals surface area contributed by atoms with E-state index in [1.807, 2.05) is 13.8 Å². The molecule has 1 aromatic rings. The predicted molar refractivity (Wildman–Crippen MR) is 82.9 cm³/mol. The van der Waals surface area contributed by atoms with Gasteiger partial charge in [0.15, 0.2) is 0 Å². The number of para-hydroxylation sites is 1. The molecule has 0 radical (unpaired) electrons. The van der Waals surface area contributed by atoms with E-state index in [-0.39, 0.29) is 17.7 Å². The largest absolute Gasteiger partial charge is 0.379 e. The normalized spacial score (nSPS) is 11.4. The highest BCUT2D eigenvalue weighted by atomic mass is 32.2. The molecule has 7 heteroatoms. The Labute approximate surface area is 125 Å². The van der Waals surface area contributed by atoms with Crippen molar-refractivity contribution in [3.63, 3.8) is 0 Å². The number of benzene rings is 1. The maximum atomic E-state index is 12.1. The molecule has 118 valence electrons. The van der Waals surface area contributed by atoms with Crippen molar-refractivity contribution in [1.29, 1.82) is 0 Å². The van der Waals surface area contributed by atoms with E-state index in [1.165, 1.54) is 0 Å². The van der Waals surface area contributed by atoms with Crippen LogP contribution in [0.1, 0.15) is 30.6 Å². The minimum atomic E-state index is -3.42. The van der Waals surface area contributed by atoms with Crippen molar-refractivity contribution in [2.45, 2.75) is 26.4 Å². The minimum absolute atomic E-state index is 0.167. The fourth-order valence-corrected chi connectivity index (χ4v) is 2.24. The van der Waals surface area contributed by atoms with E-state index in [4.69, 9.17) is 4.74 Å². The summed E-state index contributed by atoms with van der Waals surface area (Å²) >= 11 is 0. The highest BCUT2D eigenvalue weighted by molar-refractivity contribution is 7.92. The first-order valence-electron chi connectivity index (χ1n) is 6.76. The van der Waals surface area contributed by atoms with Crippen LogP contribution in [0, 0.1) is 0 Å². The van der Waals surface area contributed by atoms with Gasteiger partial charge < -0.3 is 10.1 Å². The molecule has 1 rings (SSSR count). The van der Waals surface area contributed by atoms with Crippen LogP contribution in [0.3, 0.4) is 0 Å². The number of rotatable bonds is 8. The van der Waals surface area contributed by atoms with Crippen molar-refractivity contribution in [3.8, 4) is 0 Å². The van der Waals surface area contributed by atoms with E-state index in [9.17, 15) is 13.2 Å². The highest BCUT2D eigenvalue weighted by Crippen LogP contribution is 2.15. The van der Waals surface area contributed by atoms with Crippen LogP contribution in [-0.2, 0) is 14.8 Å². The number of ether oxygens (including phenoxy) is 1. The summed E-state index contributed by atoms with van der Waals surface area (Å²) in [4.78, 5) is 12.1. The second-order valence-electron chi connectivity index (χ2n) is 4.95. The molecule has 0 atom stereocenters. The number of nitrogens with one attached hydrogen (secondary N) is 2. The van der Waals surface area contributed by atoms with Crippen molar-refractivity contribution >= 4 is 21.6 Å². The molecule has 0 aliphatic rings. The van der Waals surface area contributed by atoms with Gasteiger partial charge in [-0.3, -0.25) is 9.52 Å². The third-order valence-electron chi connectivity index (χ3n) is 2.52. The Bertz CT molecular complexity index is 570. The molecule has 0 aromatic heterocycles. The van der Waals surface area contributed by atoms with Crippen molar-refractivity contribution in [1.82, 2.24) is 5.32 Å². The summed E-state index contributed by atoms with van der Waals surface area (Å²) in [6.07, 6.45) is 1.91. The Morgan fingerprint density at radius 2 is 1.95 bits per heavy atom. The fourth-order valence-electron chi connectivity index (χ4n) is 1.66. The van der Waals surface area contributed by atoms with E-state index >= 15 is 0 Å². The molecule has 0 spiro atoms. The van der Waals surface area contributed by atoms with Crippen LogP contribution >= 0.6 is 0 Å². The zero-order chi connectivity index (χ0) is 15.9. The number of hydrogen-bond acceptors (Lipinski definition) is 4. The Morgan fingerprint density at radius 3 is 2.57 bits per heavy atom. The van der Waals surface area contributed by atoms with Crippen LogP contribution in [0.25, 0.3) is 0 Å². The van der Waals surface area contributed by atoms with Crippen LogP contribution in [-0.4, -0.2) is 39.8 Å². The van der Waals surface area contributed by atoms with Crippen molar-refractivity contribution < 1.29 is 17.9 Å². The second-order valence-corrected chi connectivity index (χ2v) is 6.70. The number of carbonyl (C=O) groups is 1. The molecule has 0 bridgehead atoms. The lowest BCUT2D eigenvalue weighted by molar-refractivity contribution is 0.0757. The first-order chi connectivity index (χ1) is 9.79. The van der Waals surface area contributed by atoms with E-state index in [0.29, 0.717) is 25.1 Å². The summed E-state index contributed by atoms with van der Waals surface area (Å²) in [5, 5.41) is 2.75. The van der Waals surface area contributed by atoms with Gasteiger partial charge in [-0.15, -0.1) is 0 Å². The Balaban J connectivity index is 2.58. The first-order valence-corrected chi connectivity index (χ1v) is 8.65.